The van der Waals surface area contributed by atoms with Gasteiger partial charge in [0.15, 0.2) is 0 Å². The molecule has 0 saturated carbocycles. The lowest BCUT2D eigenvalue weighted by Crippen LogP contribution is -2.26. The van der Waals surface area contributed by atoms with E-state index in [1.54, 1.807) is 0 Å². The summed E-state index contributed by atoms with van der Waals surface area (Å²) in [5.41, 5.74) is 4.00. The highest BCUT2D eigenvalue weighted by Crippen LogP contribution is 2.42. The molecule has 4 heteroatoms. The Kier molecular flexibility index (Phi) is 3.97. The Labute approximate surface area is 142 Å². The predicted molar refractivity (Wildman–Crippen MR) is 95.4 cm³/mol. The normalized spacial score (nSPS) is 13.8. The monoisotopic (exact) mass is 320 g/mol. The van der Waals surface area contributed by atoms with E-state index in [1.165, 1.54) is 0 Å². The van der Waals surface area contributed by atoms with Crippen molar-refractivity contribution in [3.63, 3.8) is 0 Å². The van der Waals surface area contributed by atoms with Crippen molar-refractivity contribution in [2.24, 2.45) is 0 Å². The maximum atomic E-state index is 12.5. The van der Waals surface area contributed by atoms with Crippen molar-refractivity contribution >= 4 is 22.5 Å². The molecule has 0 aliphatic heterocycles. The van der Waals surface area contributed by atoms with Crippen LogP contribution in [-0.2, 0) is 0 Å². The van der Waals surface area contributed by atoms with Gasteiger partial charge in [-0.25, -0.2) is 0 Å². The Bertz CT molecular complexity index is 731. The van der Waals surface area contributed by atoms with Crippen molar-refractivity contribution in [2.75, 3.05) is 38.0 Å². The van der Waals surface area contributed by atoms with Crippen molar-refractivity contribution in [3.05, 3.63) is 71.2 Å². The smallest absolute Gasteiger partial charge is 0.0361 e. The molecule has 0 bridgehead atoms. The maximum absolute atomic E-state index is 12.5. The molecule has 0 aromatic heterocycles. The largest absolute Gasteiger partial charge is 0.872 e. The van der Waals surface area contributed by atoms with Gasteiger partial charge in [-0.05, 0) is 46.5 Å². The van der Waals surface area contributed by atoms with Gasteiger partial charge in [-0.1, -0.05) is 35.8 Å². The number of benzene rings is 2. The minimum Gasteiger partial charge on any atom is -0.872 e. The zero-order chi connectivity index (χ0) is 17.4. The summed E-state index contributed by atoms with van der Waals surface area (Å²) in [6.07, 6.45) is 0. The van der Waals surface area contributed by atoms with Gasteiger partial charge in [0.05, 0.1) is 0 Å². The number of hydrogen-bond donors (Lipinski definition) is 0. The van der Waals surface area contributed by atoms with Gasteiger partial charge in [0.1, 0.15) is 0 Å². The molecule has 1 aliphatic rings. The summed E-state index contributed by atoms with van der Waals surface area (Å²) in [6.45, 7) is 0. The lowest BCUT2D eigenvalue weighted by Gasteiger charge is -2.40. The highest BCUT2D eigenvalue weighted by Gasteiger charge is 2.18. The molecule has 0 heterocycles. The lowest BCUT2D eigenvalue weighted by molar-refractivity contribution is -0.316. The first kappa shape index (κ1) is 16.0. The fourth-order valence-electron chi connectivity index (χ4n) is 2.77. The van der Waals surface area contributed by atoms with Crippen molar-refractivity contribution < 1.29 is 10.2 Å². The van der Waals surface area contributed by atoms with Gasteiger partial charge in [0.2, 0.25) is 0 Å². The summed E-state index contributed by atoms with van der Waals surface area (Å²) in [5, 5.41) is 25.0. The van der Waals surface area contributed by atoms with E-state index in [2.05, 4.69) is 0 Å². The fourth-order valence-corrected chi connectivity index (χ4v) is 2.77. The Morgan fingerprint density at radius 3 is 1.08 bits per heavy atom. The van der Waals surface area contributed by atoms with Crippen LogP contribution in [0.25, 0.3) is 11.1 Å². The first-order valence-corrected chi connectivity index (χ1v) is 7.79. The molecule has 0 atom stereocenters. The van der Waals surface area contributed by atoms with Crippen LogP contribution in [0.15, 0.2) is 60.0 Å². The first-order valence-electron chi connectivity index (χ1n) is 7.79. The fraction of sp³-hybridized carbons (Fsp3) is 0.200. The molecule has 24 heavy (non-hydrogen) atoms. The van der Waals surface area contributed by atoms with Crippen molar-refractivity contribution in [1.29, 1.82) is 0 Å². The van der Waals surface area contributed by atoms with E-state index >= 15 is 0 Å². The molecule has 3 rings (SSSR count). The van der Waals surface area contributed by atoms with E-state index in [9.17, 15) is 10.2 Å². The van der Waals surface area contributed by atoms with E-state index in [4.69, 9.17) is 0 Å². The second kappa shape index (κ2) is 5.96. The van der Waals surface area contributed by atoms with Gasteiger partial charge in [-0.3, -0.25) is 0 Å². The Morgan fingerprint density at radius 2 is 0.833 bits per heavy atom. The molecule has 2 aromatic rings. The van der Waals surface area contributed by atoms with E-state index in [1.807, 2.05) is 86.5 Å². The Morgan fingerprint density at radius 1 is 0.542 bits per heavy atom. The van der Waals surface area contributed by atoms with E-state index in [-0.39, 0.29) is 22.7 Å². The highest BCUT2D eigenvalue weighted by atomic mass is 16.3. The van der Waals surface area contributed by atoms with Gasteiger partial charge < -0.3 is 20.0 Å². The zero-order valence-corrected chi connectivity index (χ0v) is 14.3. The topological polar surface area (TPSA) is 52.6 Å². The van der Waals surface area contributed by atoms with Crippen LogP contribution < -0.4 is 20.0 Å². The third-order valence-corrected chi connectivity index (χ3v) is 4.25. The van der Waals surface area contributed by atoms with Crippen LogP contribution in [-0.4, -0.2) is 28.2 Å². The van der Waals surface area contributed by atoms with Crippen molar-refractivity contribution in [2.45, 2.75) is 0 Å². The maximum Gasteiger partial charge on any atom is 0.0361 e. The van der Waals surface area contributed by atoms with E-state index in [0.717, 1.165) is 11.4 Å². The standard InChI is InChI=1S/C20H22N2O2/c1-21(2)15-9-5-13(6-10-15)17-19(23)18(20(17)24)14-7-11-16(12-8-14)22(3)4/h5-12,23-24H,1-4H3/p-2. The molecule has 0 radical (unpaired) electrons. The third kappa shape index (κ3) is 2.60. The molecule has 0 amide bonds. The lowest BCUT2D eigenvalue weighted by atomic mass is 9.84. The SMILES string of the molecule is CN(C)c1ccc(C2=C([O-])C(c3ccc(N(C)C)cc3)=C2[O-])cc1. The second-order valence-electron chi connectivity index (χ2n) is 6.29. The number of allylic oxidation sites excluding steroid dienone is 2. The minimum atomic E-state index is -0.171. The summed E-state index contributed by atoms with van der Waals surface area (Å²) in [5.74, 6) is -0.342. The van der Waals surface area contributed by atoms with Gasteiger partial charge in [-0.2, -0.15) is 0 Å². The van der Waals surface area contributed by atoms with Crippen LogP contribution in [0.3, 0.4) is 0 Å². The summed E-state index contributed by atoms with van der Waals surface area (Å²) in [7, 11) is 7.80. The number of nitrogens with zero attached hydrogens (tertiary/aromatic N) is 2. The van der Waals surface area contributed by atoms with Gasteiger partial charge in [0.25, 0.3) is 0 Å². The Hall–Kier alpha value is -2.88. The van der Waals surface area contributed by atoms with E-state index in [0.29, 0.717) is 11.1 Å². The molecular weight excluding hydrogens is 300 g/mol. The quantitative estimate of drug-likeness (QED) is 0.860. The summed E-state index contributed by atoms with van der Waals surface area (Å²) < 4.78 is 0. The summed E-state index contributed by atoms with van der Waals surface area (Å²) in [6, 6.07) is 14.9. The predicted octanol–water partition coefficient (Wildman–Crippen LogP) is 1.68. The third-order valence-electron chi connectivity index (χ3n) is 4.25. The van der Waals surface area contributed by atoms with Crippen LogP contribution in [0.4, 0.5) is 11.4 Å². The molecule has 0 fully saturated rings. The van der Waals surface area contributed by atoms with Crippen molar-refractivity contribution in [1.82, 2.24) is 0 Å². The number of rotatable bonds is 4. The van der Waals surface area contributed by atoms with Crippen LogP contribution in [0.2, 0.25) is 0 Å². The molecule has 0 unspecified atom stereocenters. The molecular formula is C20H20N2O2-2. The summed E-state index contributed by atoms with van der Waals surface area (Å²) in [4.78, 5) is 3.95. The first-order chi connectivity index (χ1) is 11.4. The molecule has 0 saturated heterocycles. The molecule has 124 valence electrons. The minimum absolute atomic E-state index is 0.171. The van der Waals surface area contributed by atoms with Gasteiger partial charge in [-0.15, -0.1) is 0 Å². The number of hydrogen-bond acceptors (Lipinski definition) is 4. The zero-order valence-electron chi connectivity index (χ0n) is 14.3. The van der Waals surface area contributed by atoms with E-state index < -0.39 is 0 Å². The van der Waals surface area contributed by atoms with Crippen LogP contribution in [0.5, 0.6) is 0 Å². The van der Waals surface area contributed by atoms with Gasteiger partial charge in [0, 0.05) is 39.6 Å². The molecule has 2 aromatic carbocycles. The highest BCUT2D eigenvalue weighted by molar-refractivity contribution is 6.05. The van der Waals surface area contributed by atoms with Crippen LogP contribution in [0.1, 0.15) is 11.1 Å². The molecule has 4 nitrogen and oxygen atoms in total. The average molecular weight is 320 g/mol. The average Bonchev–Trinajstić information content (AvgIpc) is 2.56. The van der Waals surface area contributed by atoms with Crippen LogP contribution in [0, 0.1) is 0 Å². The Balaban J connectivity index is 1.88. The molecule has 1 aliphatic carbocycles. The molecule has 0 N–H and O–H groups in total. The van der Waals surface area contributed by atoms with Gasteiger partial charge >= 0.3 is 0 Å². The van der Waals surface area contributed by atoms with Crippen LogP contribution >= 0.6 is 0 Å². The molecule has 0 spiro atoms. The number of anilines is 2. The second-order valence-corrected chi connectivity index (χ2v) is 6.29. The summed E-state index contributed by atoms with van der Waals surface area (Å²) >= 11 is 0. The van der Waals surface area contributed by atoms with Crippen molar-refractivity contribution in [3.8, 4) is 0 Å².